The monoisotopic (exact) mass is 433 g/mol. The number of amides is 3. The van der Waals surface area contributed by atoms with Gasteiger partial charge < -0.3 is 15.4 Å². The number of aromatic nitrogens is 1. The van der Waals surface area contributed by atoms with Gasteiger partial charge in [-0.3, -0.25) is 14.9 Å². The molecular weight excluding hydrogens is 408 g/mol. The van der Waals surface area contributed by atoms with Crippen LogP contribution in [0.4, 0.5) is 11.4 Å². The quantitative estimate of drug-likeness (QED) is 0.496. The molecule has 0 aliphatic heterocycles. The van der Waals surface area contributed by atoms with Crippen molar-refractivity contribution in [2.24, 2.45) is 0 Å². The number of nitrogens with one attached hydrogen (secondary N) is 2. The summed E-state index contributed by atoms with van der Waals surface area (Å²) in [6.07, 6.45) is 1.17. The maximum atomic E-state index is 12.3. The molecule has 0 saturated carbocycles. The number of hydrogen-bond donors (Lipinski definition) is 3. The maximum Gasteiger partial charge on any atom is 0.361 e. The number of rotatable bonds is 7. The van der Waals surface area contributed by atoms with E-state index in [-0.39, 0.29) is 18.0 Å². The van der Waals surface area contributed by atoms with Gasteiger partial charge in [-0.05, 0) is 55.3 Å². The smallest absolute Gasteiger partial charge is 0.361 e. The van der Waals surface area contributed by atoms with E-state index in [1.54, 1.807) is 49.5 Å². The molecule has 0 aliphatic carbocycles. The fourth-order valence-electron chi connectivity index (χ4n) is 2.91. The molecule has 0 spiro atoms. The van der Waals surface area contributed by atoms with Crippen LogP contribution >= 0.6 is 0 Å². The van der Waals surface area contributed by atoms with Crippen molar-refractivity contribution in [3.8, 4) is 11.5 Å². The van der Waals surface area contributed by atoms with Crippen LogP contribution in [0.1, 0.15) is 28.0 Å². The third kappa shape index (κ3) is 6.23. The summed E-state index contributed by atoms with van der Waals surface area (Å²) in [6, 6.07) is 15.5. The summed E-state index contributed by atoms with van der Waals surface area (Å²) in [4.78, 5) is 40.3. The number of primary amides is 1. The van der Waals surface area contributed by atoms with Crippen molar-refractivity contribution in [3.05, 3.63) is 77.6 Å². The maximum absolute atomic E-state index is 12.3. The van der Waals surface area contributed by atoms with E-state index in [1.165, 1.54) is 11.5 Å². The molecule has 32 heavy (non-hydrogen) atoms. The zero-order chi connectivity index (χ0) is 23.1. The molecule has 1 aromatic heterocycles. The second-order valence-corrected chi connectivity index (χ2v) is 7.23. The van der Waals surface area contributed by atoms with Gasteiger partial charge in [0.1, 0.15) is 17.9 Å². The number of carbonyl (C=O) groups is 3. The van der Waals surface area contributed by atoms with Gasteiger partial charge in [0.05, 0.1) is 7.05 Å². The predicted octanol–water partition coefficient (Wildman–Crippen LogP) is 2.79. The van der Waals surface area contributed by atoms with Crippen molar-refractivity contribution < 1.29 is 24.4 Å². The van der Waals surface area contributed by atoms with E-state index in [9.17, 15) is 14.4 Å². The number of benzene rings is 2. The highest BCUT2D eigenvalue weighted by atomic mass is 16.5. The van der Waals surface area contributed by atoms with Crippen LogP contribution in [-0.4, -0.2) is 29.8 Å². The van der Waals surface area contributed by atoms with Gasteiger partial charge >= 0.3 is 5.91 Å². The largest absolute Gasteiger partial charge is 0.457 e. The molecule has 0 saturated heterocycles. The summed E-state index contributed by atoms with van der Waals surface area (Å²) in [5, 5.41) is 6.85. The minimum Gasteiger partial charge on any atom is -0.457 e. The molecule has 8 heteroatoms. The SMILES string of the molecule is C[NH2+]C(=O)c1cc(Oc2cccc(NC(=O)CC(=O)Nc3ccc(C)c(C)c3)c2)ccn1. The van der Waals surface area contributed by atoms with Crippen LogP contribution in [0.3, 0.4) is 0 Å². The van der Waals surface area contributed by atoms with E-state index in [1.807, 2.05) is 26.0 Å². The molecule has 0 radical (unpaired) electrons. The van der Waals surface area contributed by atoms with Gasteiger partial charge in [-0.1, -0.05) is 12.1 Å². The predicted molar refractivity (Wildman–Crippen MR) is 121 cm³/mol. The number of hydrogen-bond acceptors (Lipinski definition) is 5. The van der Waals surface area contributed by atoms with Crippen LogP contribution < -0.4 is 20.7 Å². The third-order valence-electron chi connectivity index (χ3n) is 4.71. The average Bonchev–Trinajstić information content (AvgIpc) is 2.76. The molecule has 0 fully saturated rings. The topological polar surface area (TPSA) is 114 Å². The Morgan fingerprint density at radius 3 is 2.25 bits per heavy atom. The molecule has 3 amide bonds. The minimum absolute atomic E-state index is 0.199. The van der Waals surface area contributed by atoms with E-state index < -0.39 is 11.8 Å². The highest BCUT2D eigenvalue weighted by Gasteiger charge is 2.12. The van der Waals surface area contributed by atoms with E-state index in [0.29, 0.717) is 22.9 Å². The number of carbonyl (C=O) groups excluding carboxylic acids is 3. The van der Waals surface area contributed by atoms with Crippen LogP contribution in [-0.2, 0) is 9.59 Å². The Morgan fingerprint density at radius 2 is 1.56 bits per heavy atom. The molecule has 8 nitrogen and oxygen atoms in total. The van der Waals surface area contributed by atoms with Gasteiger partial charge in [0.2, 0.25) is 11.8 Å². The molecule has 0 aliphatic rings. The minimum atomic E-state index is -0.446. The van der Waals surface area contributed by atoms with Crippen LogP contribution in [0.5, 0.6) is 11.5 Å². The molecule has 3 rings (SSSR count). The standard InChI is InChI=1S/C24H24N4O4/c1-15-7-8-18(11-16(15)2)28-23(30)14-22(29)27-17-5-4-6-19(12-17)32-20-9-10-26-21(13-20)24(31)25-3/h4-13H,14H2,1-3H3,(H,25,31)(H,27,29)(H,28,30)/p+1. The van der Waals surface area contributed by atoms with Crippen LogP contribution in [0.15, 0.2) is 60.8 Å². The summed E-state index contributed by atoms with van der Waals surface area (Å²) in [5.74, 6) is -0.136. The number of pyridine rings is 1. The number of anilines is 2. The molecular formula is C24H25N4O4+. The molecule has 2 aromatic carbocycles. The first-order valence-electron chi connectivity index (χ1n) is 10.1. The van der Waals surface area contributed by atoms with E-state index in [2.05, 4.69) is 15.6 Å². The fourth-order valence-corrected chi connectivity index (χ4v) is 2.91. The Labute approximate surface area is 186 Å². The highest BCUT2D eigenvalue weighted by molar-refractivity contribution is 6.08. The molecule has 0 atom stereocenters. The van der Waals surface area contributed by atoms with Gasteiger partial charge in [0.15, 0.2) is 5.69 Å². The third-order valence-corrected chi connectivity index (χ3v) is 4.71. The first-order chi connectivity index (χ1) is 15.3. The lowest BCUT2D eigenvalue weighted by Gasteiger charge is -2.10. The molecule has 164 valence electrons. The first-order valence-corrected chi connectivity index (χ1v) is 10.1. The summed E-state index contributed by atoms with van der Waals surface area (Å²) in [7, 11) is 1.64. The lowest BCUT2D eigenvalue weighted by molar-refractivity contribution is -0.523. The molecule has 3 aromatic rings. The van der Waals surface area contributed by atoms with E-state index >= 15 is 0 Å². The summed E-state index contributed by atoms with van der Waals surface area (Å²) >= 11 is 0. The van der Waals surface area contributed by atoms with Crippen molar-refractivity contribution in [1.82, 2.24) is 4.98 Å². The lowest BCUT2D eigenvalue weighted by Crippen LogP contribution is -2.84. The second-order valence-electron chi connectivity index (χ2n) is 7.23. The molecule has 4 N–H and O–H groups in total. The number of aryl methyl sites for hydroxylation is 2. The summed E-state index contributed by atoms with van der Waals surface area (Å²) in [5.41, 5.74) is 3.60. The van der Waals surface area contributed by atoms with Crippen LogP contribution in [0, 0.1) is 13.8 Å². The average molecular weight is 433 g/mol. The zero-order valence-electron chi connectivity index (χ0n) is 18.1. The Kier molecular flexibility index (Phi) is 7.30. The highest BCUT2D eigenvalue weighted by Crippen LogP contribution is 2.24. The number of ether oxygens (including phenoxy) is 1. The first kappa shape index (κ1) is 22.6. The van der Waals surface area contributed by atoms with E-state index in [0.717, 1.165) is 11.1 Å². The summed E-state index contributed by atoms with van der Waals surface area (Å²) < 4.78 is 5.78. The van der Waals surface area contributed by atoms with Gasteiger partial charge in [0.25, 0.3) is 0 Å². The van der Waals surface area contributed by atoms with Crippen molar-refractivity contribution >= 4 is 29.1 Å². The van der Waals surface area contributed by atoms with Gasteiger partial charge in [-0.25, -0.2) is 9.78 Å². The molecule has 1 heterocycles. The summed E-state index contributed by atoms with van der Waals surface area (Å²) in [6.45, 7) is 3.95. The van der Waals surface area contributed by atoms with Gasteiger partial charge in [-0.2, -0.15) is 0 Å². The number of nitrogens with zero attached hydrogens (tertiary/aromatic N) is 1. The Morgan fingerprint density at radius 1 is 0.875 bits per heavy atom. The number of nitrogens with two attached hydrogens (primary N) is 1. The molecule has 0 bridgehead atoms. The Balaban J connectivity index is 1.59. The zero-order valence-corrected chi connectivity index (χ0v) is 18.1. The van der Waals surface area contributed by atoms with Crippen molar-refractivity contribution in [2.75, 3.05) is 17.7 Å². The van der Waals surface area contributed by atoms with Crippen LogP contribution in [0.2, 0.25) is 0 Å². The van der Waals surface area contributed by atoms with Crippen molar-refractivity contribution in [2.45, 2.75) is 20.3 Å². The Bertz CT molecular complexity index is 1160. The van der Waals surface area contributed by atoms with E-state index in [4.69, 9.17) is 4.74 Å². The fraction of sp³-hybridized carbons (Fsp3) is 0.167. The Hall–Kier alpha value is -4.04. The molecule has 0 unspecified atom stereocenters. The lowest BCUT2D eigenvalue weighted by atomic mass is 10.1. The number of quaternary nitrogens is 1. The second kappa shape index (κ2) is 10.3. The normalized spacial score (nSPS) is 10.3. The van der Waals surface area contributed by atoms with Gasteiger partial charge in [-0.15, -0.1) is 0 Å². The van der Waals surface area contributed by atoms with Crippen molar-refractivity contribution in [1.29, 1.82) is 0 Å². The van der Waals surface area contributed by atoms with Crippen molar-refractivity contribution in [3.63, 3.8) is 0 Å². The van der Waals surface area contributed by atoms with Crippen LogP contribution in [0.25, 0.3) is 0 Å². The van der Waals surface area contributed by atoms with Gasteiger partial charge in [0, 0.05) is 29.7 Å².